The monoisotopic (exact) mass is 355 g/mol. The highest BCUT2D eigenvalue weighted by molar-refractivity contribution is 5.92. The largest absolute Gasteiger partial charge is 0.368 e. The summed E-state index contributed by atoms with van der Waals surface area (Å²) in [4.78, 5) is 20.7. The molecule has 0 fully saturated rings. The molecule has 0 atom stereocenters. The molecular formula is C17H21N7O2. The van der Waals surface area contributed by atoms with Crippen molar-refractivity contribution in [1.82, 2.24) is 30.2 Å². The summed E-state index contributed by atoms with van der Waals surface area (Å²) < 4.78 is 6.67. The van der Waals surface area contributed by atoms with E-state index in [0.29, 0.717) is 36.3 Å². The van der Waals surface area contributed by atoms with E-state index in [1.807, 2.05) is 32.9 Å². The van der Waals surface area contributed by atoms with Crippen LogP contribution in [0.4, 0.5) is 5.82 Å². The molecule has 9 nitrogen and oxygen atoms in total. The molecule has 3 rings (SSSR count). The van der Waals surface area contributed by atoms with Gasteiger partial charge in [-0.15, -0.1) is 0 Å². The van der Waals surface area contributed by atoms with Gasteiger partial charge < -0.3 is 15.2 Å². The summed E-state index contributed by atoms with van der Waals surface area (Å²) in [6.45, 7) is 8.41. The smallest absolute Gasteiger partial charge is 0.273 e. The van der Waals surface area contributed by atoms with Crippen LogP contribution in [0.5, 0.6) is 0 Å². The van der Waals surface area contributed by atoms with E-state index in [9.17, 15) is 4.79 Å². The molecule has 26 heavy (non-hydrogen) atoms. The minimum Gasteiger partial charge on any atom is -0.368 e. The maximum atomic E-state index is 11.9. The minimum atomic E-state index is -0.272. The Morgan fingerprint density at radius 3 is 2.58 bits per heavy atom. The number of nitrogens with zero attached hydrogens (tertiary/aromatic N) is 5. The zero-order valence-corrected chi connectivity index (χ0v) is 15.2. The van der Waals surface area contributed by atoms with Crippen LogP contribution in [0.25, 0.3) is 5.82 Å². The second kappa shape index (κ2) is 7.34. The Bertz CT molecular complexity index is 929. The van der Waals surface area contributed by atoms with Gasteiger partial charge in [0, 0.05) is 30.9 Å². The number of amides is 1. The molecule has 0 radical (unpaired) electrons. The molecule has 0 unspecified atom stereocenters. The quantitative estimate of drug-likeness (QED) is 0.648. The number of carbonyl (C=O) groups excluding carboxylic acids is 1. The molecule has 3 aromatic heterocycles. The van der Waals surface area contributed by atoms with Gasteiger partial charge in [-0.25, -0.2) is 14.6 Å². The van der Waals surface area contributed by atoms with Crippen molar-refractivity contribution in [2.75, 3.05) is 18.4 Å². The molecule has 136 valence electrons. The number of aryl methyl sites for hydroxylation is 4. The molecule has 0 aliphatic rings. The molecule has 0 aliphatic carbocycles. The van der Waals surface area contributed by atoms with Crippen molar-refractivity contribution in [3.63, 3.8) is 0 Å². The van der Waals surface area contributed by atoms with Gasteiger partial charge in [0.05, 0.1) is 5.69 Å². The number of nitrogens with one attached hydrogen (secondary N) is 2. The van der Waals surface area contributed by atoms with E-state index in [-0.39, 0.29) is 11.6 Å². The lowest BCUT2D eigenvalue weighted by Gasteiger charge is -2.10. The zero-order valence-electron chi connectivity index (χ0n) is 15.2. The first-order valence-electron chi connectivity index (χ1n) is 8.27. The third-order valence-corrected chi connectivity index (χ3v) is 3.63. The summed E-state index contributed by atoms with van der Waals surface area (Å²) in [5.74, 6) is 2.34. The summed E-state index contributed by atoms with van der Waals surface area (Å²) in [6, 6.07) is 5.41. The maximum absolute atomic E-state index is 11.9. The van der Waals surface area contributed by atoms with Crippen LogP contribution in [0, 0.1) is 27.7 Å². The van der Waals surface area contributed by atoms with Crippen LogP contribution in [-0.2, 0) is 0 Å². The Balaban J connectivity index is 1.60. The number of aromatic nitrogens is 5. The van der Waals surface area contributed by atoms with E-state index in [2.05, 4.69) is 30.9 Å². The second-order valence-corrected chi connectivity index (χ2v) is 6.00. The van der Waals surface area contributed by atoms with Gasteiger partial charge in [0.2, 0.25) is 0 Å². The Morgan fingerprint density at radius 1 is 1.12 bits per heavy atom. The molecule has 0 spiro atoms. The molecule has 1 amide bonds. The molecule has 3 heterocycles. The predicted octanol–water partition coefficient (Wildman–Crippen LogP) is 1.73. The van der Waals surface area contributed by atoms with Crippen LogP contribution in [-0.4, -0.2) is 43.9 Å². The normalized spacial score (nSPS) is 10.8. The summed E-state index contributed by atoms with van der Waals surface area (Å²) in [5, 5.41) is 14.1. The zero-order chi connectivity index (χ0) is 18.7. The van der Waals surface area contributed by atoms with E-state index in [4.69, 9.17) is 4.52 Å². The summed E-state index contributed by atoms with van der Waals surface area (Å²) in [5.41, 5.74) is 2.20. The van der Waals surface area contributed by atoms with Gasteiger partial charge in [0.1, 0.15) is 17.4 Å². The number of rotatable bonds is 6. The first kappa shape index (κ1) is 17.6. The van der Waals surface area contributed by atoms with E-state index in [1.54, 1.807) is 17.7 Å². The predicted molar refractivity (Wildman–Crippen MR) is 95.4 cm³/mol. The van der Waals surface area contributed by atoms with Gasteiger partial charge in [-0.05, 0) is 33.8 Å². The van der Waals surface area contributed by atoms with E-state index >= 15 is 0 Å². The molecule has 2 N–H and O–H groups in total. The highest BCUT2D eigenvalue weighted by Gasteiger charge is 2.11. The number of hydrogen-bond acceptors (Lipinski definition) is 7. The van der Waals surface area contributed by atoms with Gasteiger partial charge >= 0.3 is 0 Å². The Kier molecular flexibility index (Phi) is 4.97. The van der Waals surface area contributed by atoms with Crippen molar-refractivity contribution in [3.8, 4) is 5.82 Å². The molecule has 3 aromatic rings. The fraction of sp³-hybridized carbons (Fsp3) is 0.353. The Labute approximate surface area is 150 Å². The van der Waals surface area contributed by atoms with Crippen molar-refractivity contribution in [2.24, 2.45) is 0 Å². The number of hydrogen-bond donors (Lipinski definition) is 2. The summed E-state index contributed by atoms with van der Waals surface area (Å²) >= 11 is 0. The van der Waals surface area contributed by atoms with Crippen LogP contribution < -0.4 is 10.6 Å². The Morgan fingerprint density at radius 2 is 1.92 bits per heavy atom. The molecule has 9 heteroatoms. The van der Waals surface area contributed by atoms with Gasteiger partial charge in [0.25, 0.3) is 5.91 Å². The third-order valence-electron chi connectivity index (χ3n) is 3.63. The lowest BCUT2D eigenvalue weighted by Crippen LogP contribution is -2.29. The van der Waals surface area contributed by atoms with Gasteiger partial charge in [-0.2, -0.15) is 5.10 Å². The number of anilines is 1. The summed E-state index contributed by atoms with van der Waals surface area (Å²) in [6.07, 6.45) is 0. The lowest BCUT2D eigenvalue weighted by molar-refractivity contribution is 0.0946. The molecule has 0 saturated heterocycles. The van der Waals surface area contributed by atoms with Crippen molar-refractivity contribution in [1.29, 1.82) is 0 Å². The highest BCUT2D eigenvalue weighted by atomic mass is 16.5. The first-order chi connectivity index (χ1) is 12.4. The van der Waals surface area contributed by atoms with Crippen LogP contribution in [0.1, 0.15) is 33.5 Å². The van der Waals surface area contributed by atoms with Crippen molar-refractivity contribution in [3.05, 3.63) is 46.9 Å². The standard InChI is InChI=1S/C17H21N7O2/c1-10-7-11(2)24(22-10)16-9-15(20-13(4)21-16)18-5-6-19-17(25)14-8-12(3)26-23-14/h7-9H,5-6H2,1-4H3,(H,19,25)(H,18,20,21). The average Bonchev–Trinajstić information content (AvgIpc) is 3.16. The van der Waals surface area contributed by atoms with E-state index in [0.717, 1.165) is 11.4 Å². The molecule has 0 aliphatic heterocycles. The minimum absolute atomic E-state index is 0.271. The summed E-state index contributed by atoms with van der Waals surface area (Å²) in [7, 11) is 0. The van der Waals surface area contributed by atoms with Gasteiger partial charge in [-0.1, -0.05) is 5.16 Å². The molecular weight excluding hydrogens is 334 g/mol. The maximum Gasteiger partial charge on any atom is 0.273 e. The molecule has 0 saturated carbocycles. The highest BCUT2D eigenvalue weighted by Crippen LogP contribution is 2.13. The topological polar surface area (TPSA) is 111 Å². The van der Waals surface area contributed by atoms with E-state index < -0.39 is 0 Å². The molecule has 0 aromatic carbocycles. The van der Waals surface area contributed by atoms with Crippen LogP contribution in [0.15, 0.2) is 22.7 Å². The average molecular weight is 355 g/mol. The lowest BCUT2D eigenvalue weighted by atomic mass is 10.3. The third kappa shape index (κ3) is 4.05. The SMILES string of the molecule is Cc1cc(C)n(-c2cc(NCCNC(=O)c3cc(C)on3)nc(C)n2)n1. The van der Waals surface area contributed by atoms with Crippen molar-refractivity contribution >= 4 is 11.7 Å². The Hall–Kier alpha value is -3.23. The second-order valence-electron chi connectivity index (χ2n) is 6.00. The van der Waals surface area contributed by atoms with Gasteiger partial charge in [0.15, 0.2) is 11.5 Å². The molecule has 0 bridgehead atoms. The van der Waals surface area contributed by atoms with E-state index in [1.165, 1.54) is 0 Å². The fourth-order valence-electron chi connectivity index (χ4n) is 2.54. The van der Waals surface area contributed by atoms with Crippen molar-refractivity contribution < 1.29 is 9.32 Å². The van der Waals surface area contributed by atoms with Crippen molar-refractivity contribution in [2.45, 2.75) is 27.7 Å². The van der Waals surface area contributed by atoms with Crippen LogP contribution >= 0.6 is 0 Å². The first-order valence-corrected chi connectivity index (χ1v) is 8.27. The fourth-order valence-corrected chi connectivity index (χ4v) is 2.54. The van der Waals surface area contributed by atoms with Crippen LogP contribution in [0.3, 0.4) is 0 Å². The van der Waals surface area contributed by atoms with Crippen LogP contribution in [0.2, 0.25) is 0 Å². The van der Waals surface area contributed by atoms with Gasteiger partial charge in [-0.3, -0.25) is 4.79 Å². The number of carbonyl (C=O) groups is 1.